The third-order valence-electron chi connectivity index (χ3n) is 5.70. The maximum absolute atomic E-state index is 12.7. The highest BCUT2D eigenvalue weighted by molar-refractivity contribution is 6.01. The van der Waals surface area contributed by atoms with Crippen LogP contribution < -0.4 is 9.47 Å². The molecule has 3 aliphatic heterocycles. The van der Waals surface area contributed by atoms with Gasteiger partial charge in [-0.25, -0.2) is 5.01 Å². The Labute approximate surface area is 178 Å². The average molecular weight is 425 g/mol. The molecule has 5 rings (SSSR count). The lowest BCUT2D eigenvalue weighted by molar-refractivity contribution is -0.141. The minimum Gasteiger partial charge on any atom is -0.454 e. The largest absolute Gasteiger partial charge is 0.454 e. The number of rotatable bonds is 4. The van der Waals surface area contributed by atoms with E-state index in [9.17, 15) is 9.59 Å². The van der Waals surface area contributed by atoms with Gasteiger partial charge in [-0.3, -0.25) is 9.59 Å². The number of hydrogen-bond donors (Lipinski definition) is 0. The van der Waals surface area contributed by atoms with E-state index >= 15 is 0 Å². The molecule has 162 valence electrons. The average Bonchev–Trinajstić information content (AvgIpc) is 3.44. The molecule has 0 spiro atoms. The fourth-order valence-electron chi connectivity index (χ4n) is 4.02. The Kier molecular flexibility index (Phi) is 5.05. The first kappa shape index (κ1) is 19.5. The van der Waals surface area contributed by atoms with Crippen LogP contribution in [0.4, 0.5) is 0 Å². The molecule has 2 aromatic rings. The zero-order valence-electron chi connectivity index (χ0n) is 17.2. The molecule has 10 heteroatoms. The molecule has 0 unspecified atom stereocenters. The van der Waals surface area contributed by atoms with Crippen molar-refractivity contribution in [2.45, 2.75) is 32.6 Å². The molecule has 2 amide bonds. The third kappa shape index (κ3) is 3.97. The number of hydrogen-bond acceptors (Lipinski definition) is 8. The highest BCUT2D eigenvalue weighted by atomic mass is 16.7. The van der Waals surface area contributed by atoms with Crippen LogP contribution in [0.2, 0.25) is 0 Å². The first-order valence-electron chi connectivity index (χ1n) is 10.5. The first-order valence-corrected chi connectivity index (χ1v) is 10.5. The Morgan fingerprint density at radius 1 is 1.23 bits per heavy atom. The lowest BCUT2D eigenvalue weighted by Crippen LogP contribution is -2.45. The van der Waals surface area contributed by atoms with Gasteiger partial charge in [-0.1, -0.05) is 12.1 Å². The topological polar surface area (TPSA) is 110 Å². The number of likely N-dealkylation sites (tertiary alicyclic amines) is 1. The van der Waals surface area contributed by atoms with Gasteiger partial charge in [0.15, 0.2) is 11.5 Å². The lowest BCUT2D eigenvalue weighted by atomic mass is 10.0. The molecule has 0 saturated carbocycles. The molecule has 0 N–H and O–H groups in total. The van der Waals surface area contributed by atoms with Gasteiger partial charge in [0, 0.05) is 31.5 Å². The number of carbonyl (C=O) groups excluding carboxylic acids is 2. The number of benzene rings is 1. The molecule has 0 radical (unpaired) electrons. The van der Waals surface area contributed by atoms with E-state index in [0.29, 0.717) is 35.4 Å². The molecule has 1 aromatic carbocycles. The Balaban J connectivity index is 1.32. The number of ether oxygens (including phenoxy) is 2. The number of hydrazone groups is 1. The van der Waals surface area contributed by atoms with Crippen LogP contribution in [0, 0.1) is 5.92 Å². The van der Waals surface area contributed by atoms with Crippen LogP contribution >= 0.6 is 0 Å². The highest BCUT2D eigenvalue weighted by Crippen LogP contribution is 2.35. The quantitative estimate of drug-likeness (QED) is 0.737. The maximum atomic E-state index is 12.7. The molecular formula is C21H23N5O5. The maximum Gasteiger partial charge on any atom is 0.274 e. The molecule has 1 atom stereocenters. The van der Waals surface area contributed by atoms with Crippen LogP contribution in [-0.4, -0.2) is 64.0 Å². The number of nitrogens with zero attached hydrogens (tertiary/aromatic N) is 5. The minimum absolute atomic E-state index is 0.0712. The predicted octanol–water partition coefficient (Wildman–Crippen LogP) is 2.05. The van der Waals surface area contributed by atoms with E-state index in [0.717, 1.165) is 31.5 Å². The summed E-state index contributed by atoms with van der Waals surface area (Å²) in [5.74, 6) is 2.13. The van der Waals surface area contributed by atoms with Crippen molar-refractivity contribution in [3.8, 4) is 22.9 Å². The van der Waals surface area contributed by atoms with E-state index in [-0.39, 0.29) is 37.5 Å². The normalized spacial score (nSPS) is 20.7. The summed E-state index contributed by atoms with van der Waals surface area (Å²) in [4.78, 5) is 31.3. The summed E-state index contributed by atoms with van der Waals surface area (Å²) >= 11 is 0. The van der Waals surface area contributed by atoms with Crippen molar-refractivity contribution in [3.05, 3.63) is 24.1 Å². The van der Waals surface area contributed by atoms with Crippen molar-refractivity contribution < 1.29 is 23.6 Å². The second-order valence-corrected chi connectivity index (χ2v) is 8.08. The zero-order chi connectivity index (χ0) is 21.4. The Hall–Kier alpha value is -3.43. The molecule has 4 heterocycles. The van der Waals surface area contributed by atoms with Gasteiger partial charge in [0.2, 0.25) is 24.4 Å². The van der Waals surface area contributed by atoms with Crippen molar-refractivity contribution in [2.24, 2.45) is 11.0 Å². The van der Waals surface area contributed by atoms with Gasteiger partial charge in [-0.15, -0.1) is 0 Å². The number of carbonyl (C=O) groups is 2. The van der Waals surface area contributed by atoms with Crippen LogP contribution in [-0.2, 0) is 9.59 Å². The molecule has 1 saturated heterocycles. The molecule has 0 aliphatic carbocycles. The van der Waals surface area contributed by atoms with E-state index in [2.05, 4.69) is 22.2 Å². The van der Waals surface area contributed by atoms with Gasteiger partial charge in [0.25, 0.3) is 5.89 Å². The SMILES string of the molecule is C[C@@H]1CCCN(C(=O)CN2N=C(c3nc(-c4ccc5c(c4)OCO5)no3)CCC2=O)C1. The van der Waals surface area contributed by atoms with Crippen molar-refractivity contribution in [3.63, 3.8) is 0 Å². The van der Waals surface area contributed by atoms with E-state index < -0.39 is 0 Å². The lowest BCUT2D eigenvalue weighted by Gasteiger charge is -2.32. The van der Waals surface area contributed by atoms with Crippen molar-refractivity contribution >= 4 is 17.5 Å². The zero-order valence-corrected chi connectivity index (χ0v) is 17.2. The Morgan fingerprint density at radius 3 is 2.97 bits per heavy atom. The summed E-state index contributed by atoms with van der Waals surface area (Å²) in [6, 6.07) is 5.39. The van der Waals surface area contributed by atoms with Crippen LogP contribution in [0.1, 0.15) is 38.5 Å². The summed E-state index contributed by atoms with van der Waals surface area (Å²) in [6.45, 7) is 3.70. The number of piperidine rings is 1. The highest BCUT2D eigenvalue weighted by Gasteiger charge is 2.29. The van der Waals surface area contributed by atoms with Gasteiger partial charge in [-0.05, 0) is 37.0 Å². The Morgan fingerprint density at radius 2 is 2.10 bits per heavy atom. The van der Waals surface area contributed by atoms with Crippen LogP contribution in [0.5, 0.6) is 11.5 Å². The molecule has 1 aromatic heterocycles. The molecule has 1 fully saturated rings. The van der Waals surface area contributed by atoms with Gasteiger partial charge < -0.3 is 18.9 Å². The fourth-order valence-corrected chi connectivity index (χ4v) is 4.02. The third-order valence-corrected chi connectivity index (χ3v) is 5.70. The monoisotopic (exact) mass is 425 g/mol. The Bertz CT molecular complexity index is 1050. The number of amides is 2. The molecule has 10 nitrogen and oxygen atoms in total. The van der Waals surface area contributed by atoms with Crippen molar-refractivity contribution in [2.75, 3.05) is 26.4 Å². The van der Waals surface area contributed by atoms with Crippen molar-refractivity contribution in [1.82, 2.24) is 20.0 Å². The van der Waals surface area contributed by atoms with Crippen LogP contribution in [0.15, 0.2) is 27.8 Å². The van der Waals surface area contributed by atoms with E-state index in [1.165, 1.54) is 5.01 Å². The molecular weight excluding hydrogens is 402 g/mol. The minimum atomic E-state index is -0.183. The van der Waals surface area contributed by atoms with Crippen molar-refractivity contribution in [1.29, 1.82) is 0 Å². The van der Waals surface area contributed by atoms with Gasteiger partial charge in [-0.2, -0.15) is 10.1 Å². The van der Waals surface area contributed by atoms with E-state index in [1.54, 1.807) is 12.1 Å². The van der Waals surface area contributed by atoms with E-state index in [4.69, 9.17) is 14.0 Å². The molecule has 3 aliphatic rings. The van der Waals surface area contributed by atoms with Crippen LogP contribution in [0.25, 0.3) is 11.4 Å². The summed E-state index contributed by atoms with van der Waals surface area (Å²) in [5, 5.41) is 9.62. The second kappa shape index (κ2) is 8.01. The summed E-state index contributed by atoms with van der Waals surface area (Å²) in [5.41, 5.74) is 1.22. The second-order valence-electron chi connectivity index (χ2n) is 8.08. The van der Waals surface area contributed by atoms with Gasteiger partial charge in [0.05, 0.1) is 0 Å². The van der Waals surface area contributed by atoms with Crippen LogP contribution in [0.3, 0.4) is 0 Å². The molecule has 31 heavy (non-hydrogen) atoms. The fraction of sp³-hybridized carbons (Fsp3) is 0.476. The summed E-state index contributed by atoms with van der Waals surface area (Å²) < 4.78 is 16.1. The number of aromatic nitrogens is 2. The predicted molar refractivity (Wildman–Crippen MR) is 108 cm³/mol. The van der Waals surface area contributed by atoms with Gasteiger partial charge in [0.1, 0.15) is 12.3 Å². The summed E-state index contributed by atoms with van der Waals surface area (Å²) in [6.07, 6.45) is 2.73. The first-order chi connectivity index (χ1) is 15.1. The van der Waals surface area contributed by atoms with Gasteiger partial charge >= 0.3 is 0 Å². The number of fused-ring (bicyclic) bond motifs is 1. The molecule has 0 bridgehead atoms. The summed E-state index contributed by atoms with van der Waals surface area (Å²) in [7, 11) is 0. The van der Waals surface area contributed by atoms with E-state index in [1.807, 2.05) is 11.0 Å². The smallest absolute Gasteiger partial charge is 0.274 e. The standard InChI is InChI=1S/C21H23N5O5/c1-13-3-2-8-25(10-13)19(28)11-26-18(27)7-5-15(23-26)21-22-20(24-31-21)14-4-6-16-17(9-14)30-12-29-16/h4,6,9,13H,2-3,5,7-8,10-12H2,1H3/t13-/m1/s1.